The minimum absolute atomic E-state index is 0.0329. The third-order valence-electron chi connectivity index (χ3n) is 6.29. The van der Waals surface area contributed by atoms with Gasteiger partial charge in [-0.25, -0.2) is 4.98 Å². The van der Waals surface area contributed by atoms with E-state index in [0.717, 1.165) is 11.3 Å². The number of carbonyl (C=O) groups is 2. The summed E-state index contributed by atoms with van der Waals surface area (Å²) in [7, 11) is 3.36. The van der Waals surface area contributed by atoms with Crippen molar-refractivity contribution in [2.45, 2.75) is 24.8 Å². The van der Waals surface area contributed by atoms with Crippen molar-refractivity contribution in [3.8, 4) is 5.75 Å². The smallest absolute Gasteiger partial charge is 0.230 e. The lowest BCUT2D eigenvalue weighted by molar-refractivity contribution is -0.143. The zero-order valence-corrected chi connectivity index (χ0v) is 16.9. The van der Waals surface area contributed by atoms with Crippen molar-refractivity contribution in [3.05, 3.63) is 60.2 Å². The van der Waals surface area contributed by atoms with Crippen LogP contribution in [0.1, 0.15) is 11.4 Å². The van der Waals surface area contributed by atoms with Crippen molar-refractivity contribution in [1.29, 1.82) is 0 Å². The first-order valence-corrected chi connectivity index (χ1v) is 10.0. The highest BCUT2D eigenvalue weighted by Crippen LogP contribution is 2.52. The molecule has 4 heterocycles. The molecule has 2 unspecified atom stereocenters. The Morgan fingerprint density at radius 2 is 2.33 bits per heavy atom. The molecule has 2 bridgehead atoms. The summed E-state index contributed by atoms with van der Waals surface area (Å²) in [5.41, 5.74) is 0.266. The number of nitrogens with zero attached hydrogens (tertiary/aromatic N) is 3. The molecule has 1 spiro atoms. The van der Waals surface area contributed by atoms with Crippen LogP contribution in [-0.2, 0) is 27.4 Å². The minimum atomic E-state index is -0.716. The van der Waals surface area contributed by atoms with Gasteiger partial charge in [-0.1, -0.05) is 24.3 Å². The number of nitrogens with one attached hydrogen (secondary N) is 1. The maximum absolute atomic E-state index is 13.4. The van der Waals surface area contributed by atoms with Crippen molar-refractivity contribution in [3.63, 3.8) is 0 Å². The number of aromatic nitrogens is 2. The summed E-state index contributed by atoms with van der Waals surface area (Å²) in [4.78, 5) is 37.3. The molecule has 4 atom stereocenters. The summed E-state index contributed by atoms with van der Waals surface area (Å²) in [5.74, 6) is 0.320. The topological polar surface area (TPSA) is 87.8 Å². The van der Waals surface area contributed by atoms with Gasteiger partial charge in [-0.15, -0.1) is 0 Å². The molecule has 2 fully saturated rings. The Morgan fingerprint density at radius 3 is 3.10 bits per heavy atom. The number of aromatic amines is 1. The number of fused-ring (bicyclic) bond motifs is 1. The van der Waals surface area contributed by atoms with Crippen LogP contribution in [0.25, 0.3) is 0 Å². The van der Waals surface area contributed by atoms with Gasteiger partial charge in [-0.3, -0.25) is 9.59 Å². The molecule has 1 aromatic carbocycles. The Labute approximate surface area is 174 Å². The highest BCUT2D eigenvalue weighted by molar-refractivity contribution is 5.93. The molecule has 8 heteroatoms. The van der Waals surface area contributed by atoms with E-state index in [1.54, 1.807) is 36.4 Å². The molecule has 5 rings (SSSR count). The molecular formula is C22H24N4O4. The highest BCUT2D eigenvalue weighted by Gasteiger charge is 2.67. The van der Waals surface area contributed by atoms with Gasteiger partial charge in [-0.05, 0) is 17.7 Å². The molecule has 0 saturated carbocycles. The van der Waals surface area contributed by atoms with Crippen LogP contribution in [0.3, 0.4) is 0 Å². The van der Waals surface area contributed by atoms with Crippen LogP contribution >= 0.6 is 0 Å². The summed E-state index contributed by atoms with van der Waals surface area (Å²) in [6.45, 7) is 1.27. The molecule has 1 N–H and O–H groups in total. The van der Waals surface area contributed by atoms with Crippen LogP contribution in [0.4, 0.5) is 0 Å². The quantitative estimate of drug-likeness (QED) is 0.730. The summed E-state index contributed by atoms with van der Waals surface area (Å²) >= 11 is 0. The van der Waals surface area contributed by atoms with E-state index in [0.29, 0.717) is 25.5 Å². The lowest BCUT2D eigenvalue weighted by Crippen LogP contribution is -2.44. The molecule has 2 amide bonds. The van der Waals surface area contributed by atoms with Crippen molar-refractivity contribution in [2.75, 3.05) is 20.7 Å². The molecule has 1 aromatic heterocycles. The molecule has 3 aliphatic heterocycles. The Hall–Kier alpha value is -3.13. The number of hydrogen-bond donors (Lipinski definition) is 1. The van der Waals surface area contributed by atoms with Crippen molar-refractivity contribution >= 4 is 11.8 Å². The number of hydrogen-bond acceptors (Lipinski definition) is 5. The van der Waals surface area contributed by atoms with Gasteiger partial charge in [0.15, 0.2) is 0 Å². The summed E-state index contributed by atoms with van der Waals surface area (Å²) < 4.78 is 11.5. The van der Waals surface area contributed by atoms with Crippen molar-refractivity contribution < 1.29 is 19.1 Å². The Balaban J connectivity index is 1.36. The van der Waals surface area contributed by atoms with Gasteiger partial charge >= 0.3 is 0 Å². The fraction of sp³-hybridized carbons (Fsp3) is 0.409. The number of H-pyrrole nitrogens is 1. The third-order valence-corrected chi connectivity index (χ3v) is 6.29. The average Bonchev–Trinajstić information content (AvgIpc) is 3.51. The molecule has 8 nitrogen and oxygen atoms in total. The Kier molecular flexibility index (Phi) is 4.39. The average molecular weight is 408 g/mol. The lowest BCUT2D eigenvalue weighted by Gasteiger charge is -2.27. The van der Waals surface area contributed by atoms with Crippen LogP contribution in [0.15, 0.2) is 48.8 Å². The molecule has 0 aliphatic carbocycles. The van der Waals surface area contributed by atoms with Crippen LogP contribution in [0.5, 0.6) is 5.75 Å². The number of rotatable bonds is 6. The first-order valence-electron chi connectivity index (χ1n) is 10.0. The van der Waals surface area contributed by atoms with E-state index in [-0.39, 0.29) is 17.9 Å². The first-order chi connectivity index (χ1) is 14.5. The van der Waals surface area contributed by atoms with E-state index < -0.39 is 17.4 Å². The third kappa shape index (κ3) is 2.90. The minimum Gasteiger partial charge on any atom is -0.497 e. The number of carbonyl (C=O) groups excluding carboxylic acids is 2. The predicted octanol–water partition coefficient (Wildman–Crippen LogP) is 1.36. The van der Waals surface area contributed by atoms with Gasteiger partial charge in [0.1, 0.15) is 17.2 Å². The fourth-order valence-corrected chi connectivity index (χ4v) is 4.93. The second-order valence-electron chi connectivity index (χ2n) is 8.18. The zero-order chi connectivity index (χ0) is 20.9. The van der Waals surface area contributed by atoms with Crippen LogP contribution < -0.4 is 4.74 Å². The normalized spacial score (nSPS) is 28.8. The molecule has 3 aliphatic rings. The van der Waals surface area contributed by atoms with E-state index in [1.165, 1.54) is 0 Å². The van der Waals surface area contributed by atoms with E-state index in [2.05, 4.69) is 9.97 Å². The lowest BCUT2D eigenvalue weighted by atomic mass is 9.76. The van der Waals surface area contributed by atoms with Gasteiger partial charge < -0.3 is 24.3 Å². The molecule has 30 heavy (non-hydrogen) atoms. The van der Waals surface area contributed by atoms with Gasteiger partial charge in [-0.2, -0.15) is 0 Å². The summed E-state index contributed by atoms with van der Waals surface area (Å²) in [5, 5.41) is 0. The fourth-order valence-electron chi connectivity index (χ4n) is 4.93. The number of amides is 2. The van der Waals surface area contributed by atoms with Gasteiger partial charge in [0.05, 0.1) is 38.1 Å². The second-order valence-corrected chi connectivity index (χ2v) is 8.18. The van der Waals surface area contributed by atoms with Crippen LogP contribution in [-0.4, -0.2) is 64.0 Å². The number of benzene rings is 1. The van der Waals surface area contributed by atoms with E-state index in [1.807, 2.05) is 36.4 Å². The van der Waals surface area contributed by atoms with Crippen molar-refractivity contribution in [2.24, 2.45) is 11.8 Å². The zero-order valence-electron chi connectivity index (χ0n) is 16.9. The standard InChI is InChI=1S/C22H24N4O4/c1-25(12-17-23-8-9-24-17)20(27)18-16-6-7-22(30-16)13-26(21(28)19(18)22)11-14-4-3-5-15(10-14)29-2/h3-10,16,18-19H,11-13H2,1-2H3,(H,23,24)/t16-,18?,19?,22-/m1/s1. The number of imidazole rings is 1. The maximum Gasteiger partial charge on any atom is 0.230 e. The monoisotopic (exact) mass is 408 g/mol. The van der Waals surface area contributed by atoms with E-state index in [4.69, 9.17) is 9.47 Å². The van der Waals surface area contributed by atoms with Gasteiger partial charge in [0.25, 0.3) is 0 Å². The van der Waals surface area contributed by atoms with Crippen LogP contribution in [0, 0.1) is 11.8 Å². The largest absolute Gasteiger partial charge is 0.497 e. The Bertz CT molecular complexity index is 1000. The second kappa shape index (κ2) is 6.98. The van der Waals surface area contributed by atoms with Crippen molar-refractivity contribution in [1.82, 2.24) is 19.8 Å². The van der Waals surface area contributed by atoms with Gasteiger partial charge in [0.2, 0.25) is 11.8 Å². The van der Waals surface area contributed by atoms with Crippen LogP contribution in [0.2, 0.25) is 0 Å². The maximum atomic E-state index is 13.4. The van der Waals surface area contributed by atoms with E-state index >= 15 is 0 Å². The molecule has 2 aromatic rings. The molecular weight excluding hydrogens is 384 g/mol. The predicted molar refractivity (Wildman–Crippen MR) is 107 cm³/mol. The SMILES string of the molecule is COc1cccc(CN2C[C@@]34C=C[C@@H](O3)C(C(=O)N(C)Cc3ncc[nH]3)C4C2=O)c1. The summed E-state index contributed by atoms with van der Waals surface area (Å²) in [6, 6.07) is 7.67. The highest BCUT2D eigenvalue weighted by atomic mass is 16.5. The molecule has 156 valence electrons. The molecule has 0 radical (unpaired) electrons. The Morgan fingerprint density at radius 1 is 1.47 bits per heavy atom. The number of methoxy groups -OCH3 is 1. The first kappa shape index (κ1) is 18.9. The number of ether oxygens (including phenoxy) is 2. The summed E-state index contributed by atoms with van der Waals surface area (Å²) in [6.07, 6.45) is 6.93. The van der Waals surface area contributed by atoms with Gasteiger partial charge in [0, 0.05) is 26.0 Å². The molecule has 2 saturated heterocycles. The van der Waals surface area contributed by atoms with E-state index in [9.17, 15) is 9.59 Å². The number of likely N-dealkylation sites (tertiary alicyclic amines) is 1.